The minimum Gasteiger partial charge on any atom is -0.457 e. The van der Waals surface area contributed by atoms with Crippen molar-refractivity contribution < 1.29 is 19.6 Å². The van der Waals surface area contributed by atoms with Crippen LogP contribution >= 0.6 is 0 Å². The molecule has 7 nitrogen and oxygen atoms in total. The number of nitrogens with two attached hydrogens (primary N) is 1. The zero-order chi connectivity index (χ0) is 17.8. The maximum Gasteiger partial charge on any atom is 0.338 e. The molecule has 2 amide bonds. The highest BCUT2D eigenvalue weighted by Crippen LogP contribution is 2.26. The van der Waals surface area contributed by atoms with Crippen molar-refractivity contribution in [1.82, 2.24) is 5.06 Å². The van der Waals surface area contributed by atoms with Gasteiger partial charge in [0, 0.05) is 12.0 Å². The summed E-state index contributed by atoms with van der Waals surface area (Å²) in [6.07, 6.45) is -0.0217. The van der Waals surface area contributed by atoms with Crippen LogP contribution in [0.5, 0.6) is 11.5 Å². The average molecular weight is 341 g/mol. The van der Waals surface area contributed by atoms with Gasteiger partial charge in [0.15, 0.2) is 6.10 Å². The number of hydrogen-bond acceptors (Lipinski definition) is 5. The number of ether oxygens (including phenoxy) is 1. The highest BCUT2D eigenvalue weighted by atomic mass is 16.6. The van der Waals surface area contributed by atoms with Gasteiger partial charge in [0.25, 0.3) is 0 Å². The molecule has 2 atom stereocenters. The number of carbonyl (C=O) groups is 1. The molecule has 2 aromatic rings. The van der Waals surface area contributed by atoms with Crippen LogP contribution in [0.25, 0.3) is 0 Å². The summed E-state index contributed by atoms with van der Waals surface area (Å²) in [7, 11) is 0. The largest absolute Gasteiger partial charge is 0.457 e. The van der Waals surface area contributed by atoms with Crippen molar-refractivity contribution in [3.8, 4) is 11.5 Å². The van der Waals surface area contributed by atoms with Gasteiger partial charge in [-0.2, -0.15) is 5.06 Å². The molecule has 0 spiro atoms. The maximum absolute atomic E-state index is 11.1. The second-order valence-corrected chi connectivity index (χ2v) is 5.75. The number of hydrogen-bond donors (Lipinski definition) is 2. The van der Waals surface area contributed by atoms with Crippen molar-refractivity contribution in [3.05, 3.63) is 60.2 Å². The highest BCUT2D eigenvalue weighted by molar-refractivity contribution is 6.01. The van der Waals surface area contributed by atoms with Gasteiger partial charge in [-0.25, -0.2) is 4.79 Å². The Morgan fingerprint density at radius 2 is 2.00 bits per heavy atom. The number of benzene rings is 2. The molecule has 0 aromatic heterocycles. The molecule has 1 aliphatic heterocycles. The second kappa shape index (κ2) is 7.23. The molecule has 25 heavy (non-hydrogen) atoms. The normalized spacial score (nSPS) is 17.4. The lowest BCUT2D eigenvalue weighted by Crippen LogP contribution is -2.45. The van der Waals surface area contributed by atoms with Gasteiger partial charge in [-0.3, -0.25) is 5.21 Å². The fraction of sp³-hybridized carbons (Fsp3) is 0.222. The van der Waals surface area contributed by atoms with Gasteiger partial charge in [-0.1, -0.05) is 35.5 Å². The molecular formula is C18H19N3O4. The predicted octanol–water partition coefficient (Wildman–Crippen LogP) is 3.13. The van der Waals surface area contributed by atoms with E-state index in [0.717, 1.165) is 11.3 Å². The second-order valence-electron chi connectivity index (χ2n) is 5.75. The van der Waals surface area contributed by atoms with E-state index in [1.165, 1.54) is 0 Å². The first-order valence-electron chi connectivity index (χ1n) is 7.88. The molecule has 0 saturated carbocycles. The lowest BCUT2D eigenvalue weighted by Gasteiger charge is -2.24. The quantitative estimate of drug-likeness (QED) is 0.645. The molecule has 0 saturated heterocycles. The van der Waals surface area contributed by atoms with Crippen LogP contribution in [0.15, 0.2) is 59.8 Å². The van der Waals surface area contributed by atoms with Crippen molar-refractivity contribution in [2.24, 2.45) is 10.9 Å². The number of para-hydroxylation sites is 1. The SMILES string of the molecule is CC(C1CC(c2cccc(Oc3ccccc3)c2)=NO1)N(O)C(N)=O. The lowest BCUT2D eigenvalue weighted by atomic mass is 10.0. The topological polar surface area (TPSA) is 97.4 Å². The first kappa shape index (κ1) is 16.8. The van der Waals surface area contributed by atoms with Crippen LogP contribution in [0.4, 0.5) is 4.79 Å². The van der Waals surface area contributed by atoms with Crippen LogP contribution < -0.4 is 10.5 Å². The molecule has 2 aromatic carbocycles. The third-order valence-corrected chi connectivity index (χ3v) is 3.99. The fourth-order valence-corrected chi connectivity index (χ4v) is 2.55. The third kappa shape index (κ3) is 3.89. The van der Waals surface area contributed by atoms with Gasteiger partial charge in [-0.05, 0) is 31.2 Å². The van der Waals surface area contributed by atoms with E-state index in [0.29, 0.717) is 22.9 Å². The van der Waals surface area contributed by atoms with Crippen LogP contribution in [0.2, 0.25) is 0 Å². The van der Waals surface area contributed by atoms with E-state index in [9.17, 15) is 10.0 Å². The molecule has 2 unspecified atom stereocenters. The molecule has 130 valence electrons. The van der Waals surface area contributed by atoms with E-state index in [4.69, 9.17) is 15.3 Å². The molecule has 7 heteroatoms. The summed E-state index contributed by atoms with van der Waals surface area (Å²) < 4.78 is 5.82. The number of hydroxylamine groups is 2. The monoisotopic (exact) mass is 341 g/mol. The summed E-state index contributed by atoms with van der Waals surface area (Å²) in [4.78, 5) is 16.4. The molecule has 3 rings (SSSR count). The summed E-state index contributed by atoms with van der Waals surface area (Å²) in [5, 5.41) is 14.2. The first-order valence-corrected chi connectivity index (χ1v) is 7.88. The molecule has 3 N–H and O–H groups in total. The van der Waals surface area contributed by atoms with Gasteiger partial charge in [0.1, 0.15) is 11.5 Å². The summed E-state index contributed by atoms with van der Waals surface area (Å²) in [5.74, 6) is 1.43. The van der Waals surface area contributed by atoms with Crippen molar-refractivity contribution >= 4 is 11.7 Å². The number of primary amides is 1. The van der Waals surface area contributed by atoms with Crippen LogP contribution in [-0.2, 0) is 4.84 Å². The number of urea groups is 1. The minimum atomic E-state index is -0.928. The smallest absolute Gasteiger partial charge is 0.338 e. The van der Waals surface area contributed by atoms with Crippen molar-refractivity contribution in [3.63, 3.8) is 0 Å². The summed E-state index contributed by atoms with van der Waals surface area (Å²) in [5.41, 5.74) is 6.64. The van der Waals surface area contributed by atoms with E-state index in [-0.39, 0.29) is 0 Å². The molecule has 1 aliphatic rings. The van der Waals surface area contributed by atoms with E-state index in [2.05, 4.69) is 5.16 Å². The Labute approximate surface area is 145 Å². The number of nitrogens with zero attached hydrogens (tertiary/aromatic N) is 2. The predicted molar refractivity (Wildman–Crippen MR) is 91.7 cm³/mol. The van der Waals surface area contributed by atoms with Crippen LogP contribution in [0.3, 0.4) is 0 Å². The Kier molecular flexibility index (Phi) is 4.85. The van der Waals surface area contributed by atoms with E-state index in [1.54, 1.807) is 6.92 Å². The zero-order valence-electron chi connectivity index (χ0n) is 13.7. The molecule has 0 bridgehead atoms. The van der Waals surface area contributed by atoms with Crippen LogP contribution in [0.1, 0.15) is 18.9 Å². The minimum absolute atomic E-state index is 0.445. The zero-order valence-corrected chi connectivity index (χ0v) is 13.7. The van der Waals surface area contributed by atoms with Crippen molar-refractivity contribution in [2.75, 3.05) is 0 Å². The molecular weight excluding hydrogens is 322 g/mol. The Balaban J connectivity index is 1.69. The van der Waals surface area contributed by atoms with Crippen molar-refractivity contribution in [1.29, 1.82) is 0 Å². The van der Waals surface area contributed by atoms with Gasteiger partial charge in [-0.15, -0.1) is 0 Å². The lowest BCUT2D eigenvalue weighted by molar-refractivity contribution is -0.111. The third-order valence-electron chi connectivity index (χ3n) is 3.99. The fourth-order valence-electron chi connectivity index (χ4n) is 2.55. The Morgan fingerprint density at radius 3 is 2.72 bits per heavy atom. The summed E-state index contributed by atoms with van der Waals surface area (Å²) >= 11 is 0. The molecule has 0 aliphatic carbocycles. The maximum atomic E-state index is 11.1. The number of rotatable bonds is 5. The van der Waals surface area contributed by atoms with E-state index in [1.807, 2.05) is 54.6 Å². The number of amides is 2. The van der Waals surface area contributed by atoms with Gasteiger partial charge < -0.3 is 15.3 Å². The Bertz CT molecular complexity index is 779. The van der Waals surface area contributed by atoms with Gasteiger partial charge >= 0.3 is 6.03 Å². The first-order chi connectivity index (χ1) is 12.0. The van der Waals surface area contributed by atoms with E-state index >= 15 is 0 Å². The van der Waals surface area contributed by atoms with E-state index < -0.39 is 18.2 Å². The Morgan fingerprint density at radius 1 is 1.28 bits per heavy atom. The average Bonchev–Trinajstić information content (AvgIpc) is 3.11. The van der Waals surface area contributed by atoms with Gasteiger partial charge in [0.05, 0.1) is 11.8 Å². The van der Waals surface area contributed by atoms with Crippen molar-refractivity contribution in [2.45, 2.75) is 25.5 Å². The molecule has 1 heterocycles. The number of oxime groups is 1. The van der Waals surface area contributed by atoms with Crippen LogP contribution in [0, 0.1) is 0 Å². The summed E-state index contributed by atoms with van der Waals surface area (Å²) in [6.45, 7) is 1.64. The number of carbonyl (C=O) groups excluding carboxylic acids is 1. The van der Waals surface area contributed by atoms with Gasteiger partial charge in [0.2, 0.25) is 0 Å². The molecule has 0 fully saturated rings. The molecule has 0 radical (unpaired) electrons. The summed E-state index contributed by atoms with van der Waals surface area (Å²) in [6, 6.07) is 15.4. The Hall–Kier alpha value is -3.06. The van der Waals surface area contributed by atoms with Crippen LogP contribution in [-0.4, -0.2) is 34.2 Å². The standard InChI is InChI=1S/C18H19N3O4/c1-12(21(23)18(19)22)17-11-16(20-25-17)13-6-5-9-15(10-13)24-14-7-3-2-4-8-14/h2-10,12,17,23H,11H2,1H3,(H2,19,22). The highest BCUT2D eigenvalue weighted by Gasteiger charge is 2.32.